The molecule has 0 aliphatic carbocycles. The Morgan fingerprint density at radius 2 is 2.38 bits per heavy atom. The quantitative estimate of drug-likeness (QED) is 0.761. The van der Waals surface area contributed by atoms with Crippen molar-refractivity contribution in [3.63, 3.8) is 0 Å². The molecule has 0 heterocycles. The summed E-state index contributed by atoms with van der Waals surface area (Å²) in [5.74, 6) is 0.755. The molecule has 0 amide bonds. The molecule has 3 heteroatoms. The molecule has 2 N–H and O–H groups in total. The summed E-state index contributed by atoms with van der Waals surface area (Å²) in [5, 5.41) is 8.59. The van der Waals surface area contributed by atoms with Crippen LogP contribution in [0.5, 0.6) is 5.75 Å². The third kappa shape index (κ3) is 2.46. The second-order valence-corrected chi connectivity index (χ2v) is 2.61. The Morgan fingerprint density at radius 1 is 1.62 bits per heavy atom. The highest BCUT2D eigenvalue weighted by molar-refractivity contribution is 5.32. The molecule has 3 nitrogen and oxygen atoms in total. The SMILES string of the molecule is CCOc1cccc(C(N)C#N)c1. The molecule has 13 heavy (non-hydrogen) atoms. The third-order valence-corrected chi connectivity index (χ3v) is 1.67. The zero-order chi connectivity index (χ0) is 9.68. The van der Waals surface area contributed by atoms with E-state index in [4.69, 9.17) is 15.7 Å². The van der Waals surface area contributed by atoms with Crippen LogP contribution in [0.1, 0.15) is 18.5 Å². The van der Waals surface area contributed by atoms with Crippen LogP contribution in [0.4, 0.5) is 0 Å². The summed E-state index contributed by atoms with van der Waals surface area (Å²) in [4.78, 5) is 0. The van der Waals surface area contributed by atoms with Gasteiger partial charge in [-0.25, -0.2) is 0 Å². The number of benzene rings is 1. The summed E-state index contributed by atoms with van der Waals surface area (Å²) in [6.07, 6.45) is 0. The number of nitrogens with two attached hydrogens (primary N) is 1. The van der Waals surface area contributed by atoms with Crippen molar-refractivity contribution in [1.29, 1.82) is 5.26 Å². The molecule has 0 radical (unpaired) electrons. The van der Waals surface area contributed by atoms with Crippen LogP contribution in [0, 0.1) is 11.3 Å². The number of hydrogen-bond donors (Lipinski definition) is 1. The lowest BCUT2D eigenvalue weighted by atomic mass is 10.1. The molecule has 0 saturated heterocycles. The first-order chi connectivity index (χ1) is 6.27. The van der Waals surface area contributed by atoms with Gasteiger partial charge in [0.15, 0.2) is 0 Å². The normalized spacial score (nSPS) is 11.8. The van der Waals surface area contributed by atoms with E-state index in [0.717, 1.165) is 11.3 Å². The van der Waals surface area contributed by atoms with E-state index in [1.165, 1.54) is 0 Å². The van der Waals surface area contributed by atoms with Gasteiger partial charge < -0.3 is 10.5 Å². The van der Waals surface area contributed by atoms with E-state index in [0.29, 0.717) is 6.61 Å². The summed E-state index contributed by atoms with van der Waals surface area (Å²) in [7, 11) is 0. The van der Waals surface area contributed by atoms with Crippen LogP contribution < -0.4 is 10.5 Å². The summed E-state index contributed by atoms with van der Waals surface area (Å²) in [5.41, 5.74) is 6.33. The molecule has 0 aliphatic rings. The van der Waals surface area contributed by atoms with Gasteiger partial charge in [-0.1, -0.05) is 12.1 Å². The minimum absolute atomic E-state index is 0.569. The Labute approximate surface area is 77.7 Å². The van der Waals surface area contributed by atoms with Gasteiger partial charge in [0.1, 0.15) is 11.8 Å². The predicted molar refractivity (Wildman–Crippen MR) is 50.2 cm³/mol. The van der Waals surface area contributed by atoms with E-state index in [9.17, 15) is 0 Å². The van der Waals surface area contributed by atoms with Crippen molar-refractivity contribution >= 4 is 0 Å². The molecular weight excluding hydrogens is 164 g/mol. The fourth-order valence-electron chi connectivity index (χ4n) is 1.04. The van der Waals surface area contributed by atoms with Gasteiger partial charge in [0.05, 0.1) is 12.7 Å². The van der Waals surface area contributed by atoms with Crippen molar-refractivity contribution in [1.82, 2.24) is 0 Å². The summed E-state index contributed by atoms with van der Waals surface area (Å²) in [6, 6.07) is 8.68. The molecule has 68 valence electrons. The van der Waals surface area contributed by atoms with E-state index in [1.54, 1.807) is 6.07 Å². The minimum Gasteiger partial charge on any atom is -0.494 e. The molecule has 0 saturated carbocycles. The summed E-state index contributed by atoms with van der Waals surface area (Å²) in [6.45, 7) is 2.53. The van der Waals surface area contributed by atoms with Crippen LogP contribution in [-0.2, 0) is 0 Å². The average molecular weight is 176 g/mol. The van der Waals surface area contributed by atoms with Crippen LogP contribution in [0.3, 0.4) is 0 Å². The number of nitriles is 1. The number of hydrogen-bond acceptors (Lipinski definition) is 3. The van der Waals surface area contributed by atoms with E-state index in [-0.39, 0.29) is 0 Å². The lowest BCUT2D eigenvalue weighted by molar-refractivity contribution is 0.340. The van der Waals surface area contributed by atoms with Crippen LogP contribution in [-0.4, -0.2) is 6.61 Å². The van der Waals surface area contributed by atoms with Crippen LogP contribution >= 0.6 is 0 Å². The van der Waals surface area contributed by atoms with E-state index in [2.05, 4.69) is 0 Å². The van der Waals surface area contributed by atoms with Crippen molar-refractivity contribution in [3.05, 3.63) is 29.8 Å². The maximum absolute atomic E-state index is 8.59. The largest absolute Gasteiger partial charge is 0.494 e. The highest BCUT2D eigenvalue weighted by atomic mass is 16.5. The predicted octanol–water partition coefficient (Wildman–Crippen LogP) is 1.61. The standard InChI is InChI=1S/C10H12N2O/c1-2-13-9-5-3-4-8(6-9)10(12)7-11/h3-6,10H,2,12H2,1H3. The second-order valence-electron chi connectivity index (χ2n) is 2.61. The molecule has 1 rings (SSSR count). The Balaban J connectivity index is 2.86. The molecule has 0 aliphatic heterocycles. The fourth-order valence-corrected chi connectivity index (χ4v) is 1.04. The van der Waals surface area contributed by atoms with E-state index < -0.39 is 6.04 Å². The Morgan fingerprint density at radius 3 is 3.00 bits per heavy atom. The van der Waals surface area contributed by atoms with Crippen LogP contribution in [0.15, 0.2) is 24.3 Å². The highest BCUT2D eigenvalue weighted by Gasteiger charge is 2.04. The average Bonchev–Trinajstić information content (AvgIpc) is 2.18. The smallest absolute Gasteiger partial charge is 0.119 e. The molecule has 0 spiro atoms. The van der Waals surface area contributed by atoms with Crippen molar-refractivity contribution in [2.45, 2.75) is 13.0 Å². The monoisotopic (exact) mass is 176 g/mol. The van der Waals surface area contributed by atoms with Gasteiger partial charge >= 0.3 is 0 Å². The molecule has 1 unspecified atom stereocenters. The van der Waals surface area contributed by atoms with Crippen LogP contribution in [0.2, 0.25) is 0 Å². The highest BCUT2D eigenvalue weighted by Crippen LogP contribution is 2.17. The topological polar surface area (TPSA) is 59.0 Å². The molecule has 1 aromatic carbocycles. The van der Waals surface area contributed by atoms with Gasteiger partial charge in [-0.15, -0.1) is 0 Å². The summed E-state index contributed by atoms with van der Waals surface area (Å²) < 4.78 is 5.28. The molecule has 1 aromatic rings. The maximum atomic E-state index is 8.59. The lowest BCUT2D eigenvalue weighted by Crippen LogP contribution is -2.07. The summed E-state index contributed by atoms with van der Waals surface area (Å²) >= 11 is 0. The molecule has 0 bridgehead atoms. The fraction of sp³-hybridized carbons (Fsp3) is 0.300. The molecule has 0 fully saturated rings. The number of rotatable bonds is 3. The van der Waals surface area contributed by atoms with Crippen molar-refractivity contribution in [2.24, 2.45) is 5.73 Å². The Bertz CT molecular complexity index is 317. The van der Waals surface area contributed by atoms with Gasteiger partial charge in [0.2, 0.25) is 0 Å². The number of ether oxygens (including phenoxy) is 1. The van der Waals surface area contributed by atoms with Gasteiger partial charge in [-0.05, 0) is 24.6 Å². The first-order valence-corrected chi connectivity index (χ1v) is 4.16. The van der Waals surface area contributed by atoms with Gasteiger partial charge in [0.25, 0.3) is 0 Å². The minimum atomic E-state index is -0.569. The van der Waals surface area contributed by atoms with Gasteiger partial charge in [-0.2, -0.15) is 5.26 Å². The Kier molecular flexibility index (Phi) is 3.30. The van der Waals surface area contributed by atoms with E-state index in [1.807, 2.05) is 31.2 Å². The van der Waals surface area contributed by atoms with Crippen molar-refractivity contribution in [3.8, 4) is 11.8 Å². The van der Waals surface area contributed by atoms with Crippen LogP contribution in [0.25, 0.3) is 0 Å². The Hall–Kier alpha value is -1.53. The maximum Gasteiger partial charge on any atom is 0.119 e. The van der Waals surface area contributed by atoms with Gasteiger partial charge in [0, 0.05) is 0 Å². The molecular formula is C10H12N2O. The van der Waals surface area contributed by atoms with Gasteiger partial charge in [-0.3, -0.25) is 0 Å². The molecule has 1 atom stereocenters. The van der Waals surface area contributed by atoms with E-state index >= 15 is 0 Å². The lowest BCUT2D eigenvalue weighted by Gasteiger charge is -2.06. The second kappa shape index (κ2) is 4.48. The molecule has 0 aromatic heterocycles. The third-order valence-electron chi connectivity index (χ3n) is 1.67. The first kappa shape index (κ1) is 9.56. The van der Waals surface area contributed by atoms with Crippen molar-refractivity contribution < 1.29 is 4.74 Å². The first-order valence-electron chi connectivity index (χ1n) is 4.16. The zero-order valence-corrected chi connectivity index (χ0v) is 7.53. The van der Waals surface area contributed by atoms with Crippen molar-refractivity contribution in [2.75, 3.05) is 6.61 Å². The zero-order valence-electron chi connectivity index (χ0n) is 7.53. The number of nitrogens with zero attached hydrogens (tertiary/aromatic N) is 1.